The largest absolute Gasteiger partial charge is 0.507 e. The fourth-order valence-electron chi connectivity index (χ4n) is 1.93. The molecule has 20 heavy (non-hydrogen) atoms. The summed E-state index contributed by atoms with van der Waals surface area (Å²) in [4.78, 5) is 25.2. The van der Waals surface area contributed by atoms with Crippen LogP contribution in [0.3, 0.4) is 0 Å². The SMILES string of the molecule is Cc1cccc(C(=O)OCC(=O)N2CCOCC2)c1O. The molecule has 2 rings (SSSR count). The summed E-state index contributed by atoms with van der Waals surface area (Å²) in [5.41, 5.74) is 0.652. The quantitative estimate of drug-likeness (QED) is 0.825. The molecule has 1 aromatic carbocycles. The molecular formula is C14H17NO5. The van der Waals surface area contributed by atoms with Gasteiger partial charge in [-0.3, -0.25) is 4.79 Å². The summed E-state index contributed by atoms with van der Waals surface area (Å²) in [6, 6.07) is 4.80. The van der Waals surface area contributed by atoms with Crippen molar-refractivity contribution in [3.63, 3.8) is 0 Å². The Balaban J connectivity index is 1.91. The lowest BCUT2D eigenvalue weighted by atomic mass is 10.1. The highest BCUT2D eigenvalue weighted by atomic mass is 16.5. The Labute approximate surface area is 116 Å². The summed E-state index contributed by atoms with van der Waals surface area (Å²) in [6.45, 7) is 3.37. The van der Waals surface area contributed by atoms with Gasteiger partial charge >= 0.3 is 5.97 Å². The van der Waals surface area contributed by atoms with E-state index in [1.165, 1.54) is 6.07 Å². The maximum absolute atomic E-state index is 11.8. The first-order valence-corrected chi connectivity index (χ1v) is 6.41. The molecule has 1 aromatic rings. The molecule has 0 aromatic heterocycles. The Hall–Kier alpha value is -2.08. The van der Waals surface area contributed by atoms with Crippen molar-refractivity contribution in [3.8, 4) is 5.75 Å². The number of morpholine rings is 1. The van der Waals surface area contributed by atoms with Gasteiger partial charge in [0.05, 0.1) is 13.2 Å². The van der Waals surface area contributed by atoms with E-state index in [4.69, 9.17) is 9.47 Å². The van der Waals surface area contributed by atoms with Crippen molar-refractivity contribution in [1.82, 2.24) is 4.90 Å². The standard InChI is InChI=1S/C14H17NO5/c1-10-3-2-4-11(13(10)17)14(18)20-9-12(16)15-5-7-19-8-6-15/h2-4,17H,5-9H2,1H3. The number of ether oxygens (including phenoxy) is 2. The van der Waals surface area contributed by atoms with Crippen LogP contribution in [0.15, 0.2) is 18.2 Å². The summed E-state index contributed by atoms with van der Waals surface area (Å²) in [6.07, 6.45) is 0. The first-order valence-electron chi connectivity index (χ1n) is 6.41. The molecule has 6 heteroatoms. The Morgan fingerprint density at radius 2 is 2.05 bits per heavy atom. The Morgan fingerprint density at radius 1 is 1.35 bits per heavy atom. The van der Waals surface area contributed by atoms with Gasteiger partial charge in [-0.1, -0.05) is 12.1 Å². The topological polar surface area (TPSA) is 76.1 Å². The highest BCUT2D eigenvalue weighted by molar-refractivity contribution is 5.94. The molecule has 0 saturated carbocycles. The third-order valence-corrected chi connectivity index (χ3v) is 3.15. The van der Waals surface area contributed by atoms with E-state index < -0.39 is 5.97 Å². The predicted octanol–water partition coefficient (Wildman–Crippen LogP) is 0.716. The van der Waals surface area contributed by atoms with Crippen LogP contribution in [0.4, 0.5) is 0 Å². The van der Waals surface area contributed by atoms with Crippen molar-refractivity contribution in [2.75, 3.05) is 32.9 Å². The fourth-order valence-corrected chi connectivity index (χ4v) is 1.93. The van der Waals surface area contributed by atoms with Crippen LogP contribution in [0, 0.1) is 6.92 Å². The van der Waals surface area contributed by atoms with Gasteiger partial charge in [0.15, 0.2) is 6.61 Å². The maximum atomic E-state index is 11.8. The van der Waals surface area contributed by atoms with Crippen LogP contribution in [-0.2, 0) is 14.3 Å². The van der Waals surface area contributed by atoms with E-state index in [1.807, 2.05) is 0 Å². The zero-order valence-electron chi connectivity index (χ0n) is 11.3. The van der Waals surface area contributed by atoms with Crippen LogP contribution in [0.2, 0.25) is 0 Å². The molecule has 108 valence electrons. The van der Waals surface area contributed by atoms with E-state index in [0.717, 1.165) is 0 Å². The minimum Gasteiger partial charge on any atom is -0.507 e. The van der Waals surface area contributed by atoms with Gasteiger partial charge in [0, 0.05) is 13.1 Å². The van der Waals surface area contributed by atoms with E-state index in [2.05, 4.69) is 0 Å². The monoisotopic (exact) mass is 279 g/mol. The number of para-hydroxylation sites is 1. The van der Waals surface area contributed by atoms with E-state index >= 15 is 0 Å². The number of phenolic OH excluding ortho intramolecular Hbond substituents is 1. The molecule has 1 saturated heterocycles. The lowest BCUT2D eigenvalue weighted by Crippen LogP contribution is -2.42. The second-order valence-electron chi connectivity index (χ2n) is 4.54. The van der Waals surface area contributed by atoms with Gasteiger partial charge in [-0.15, -0.1) is 0 Å². The van der Waals surface area contributed by atoms with Crippen LogP contribution < -0.4 is 0 Å². The molecule has 6 nitrogen and oxygen atoms in total. The van der Waals surface area contributed by atoms with Crippen molar-refractivity contribution < 1.29 is 24.2 Å². The normalized spacial score (nSPS) is 14.9. The average Bonchev–Trinajstić information content (AvgIpc) is 2.48. The summed E-state index contributed by atoms with van der Waals surface area (Å²) >= 11 is 0. The lowest BCUT2D eigenvalue weighted by Gasteiger charge is -2.26. The van der Waals surface area contributed by atoms with Gasteiger partial charge in [0.2, 0.25) is 0 Å². The number of phenols is 1. The van der Waals surface area contributed by atoms with Gasteiger partial charge in [0.25, 0.3) is 5.91 Å². The van der Waals surface area contributed by atoms with Crippen LogP contribution in [-0.4, -0.2) is 54.8 Å². The Kier molecular flexibility index (Phi) is 4.57. The van der Waals surface area contributed by atoms with Crippen molar-refractivity contribution in [2.24, 2.45) is 0 Å². The number of benzene rings is 1. The molecule has 0 spiro atoms. The number of nitrogens with zero attached hydrogens (tertiary/aromatic N) is 1. The minimum absolute atomic E-state index is 0.0692. The van der Waals surface area contributed by atoms with Crippen molar-refractivity contribution in [2.45, 2.75) is 6.92 Å². The summed E-state index contributed by atoms with van der Waals surface area (Å²) in [5.74, 6) is -1.07. The van der Waals surface area contributed by atoms with E-state index in [-0.39, 0.29) is 23.8 Å². The molecule has 0 bridgehead atoms. The minimum atomic E-state index is -0.701. The smallest absolute Gasteiger partial charge is 0.342 e. The Bertz CT molecular complexity index is 508. The van der Waals surface area contributed by atoms with Gasteiger partial charge in [-0.25, -0.2) is 4.79 Å². The third kappa shape index (κ3) is 3.27. The fraction of sp³-hybridized carbons (Fsp3) is 0.429. The molecule has 1 amide bonds. The summed E-state index contributed by atoms with van der Waals surface area (Å²) < 4.78 is 10.1. The van der Waals surface area contributed by atoms with E-state index in [1.54, 1.807) is 24.0 Å². The lowest BCUT2D eigenvalue weighted by molar-refractivity contribution is -0.138. The van der Waals surface area contributed by atoms with E-state index in [0.29, 0.717) is 31.9 Å². The molecule has 1 heterocycles. The van der Waals surface area contributed by atoms with Crippen molar-refractivity contribution in [1.29, 1.82) is 0 Å². The number of amides is 1. The predicted molar refractivity (Wildman–Crippen MR) is 70.5 cm³/mol. The molecule has 0 aliphatic carbocycles. The molecule has 1 N–H and O–H groups in total. The maximum Gasteiger partial charge on any atom is 0.342 e. The molecular weight excluding hydrogens is 262 g/mol. The molecule has 0 atom stereocenters. The van der Waals surface area contributed by atoms with Gasteiger partial charge in [-0.05, 0) is 18.6 Å². The number of rotatable bonds is 3. The number of carbonyl (C=O) groups excluding carboxylic acids is 2. The molecule has 0 unspecified atom stereocenters. The van der Waals surface area contributed by atoms with Crippen molar-refractivity contribution >= 4 is 11.9 Å². The zero-order chi connectivity index (χ0) is 14.5. The van der Waals surface area contributed by atoms with Crippen LogP contribution in [0.1, 0.15) is 15.9 Å². The van der Waals surface area contributed by atoms with Crippen LogP contribution in [0.5, 0.6) is 5.75 Å². The number of esters is 1. The van der Waals surface area contributed by atoms with Crippen LogP contribution in [0.25, 0.3) is 0 Å². The highest BCUT2D eigenvalue weighted by Gasteiger charge is 2.20. The van der Waals surface area contributed by atoms with Crippen LogP contribution >= 0.6 is 0 Å². The molecule has 1 aliphatic heterocycles. The van der Waals surface area contributed by atoms with Gasteiger partial charge < -0.3 is 19.5 Å². The first kappa shape index (κ1) is 14.3. The van der Waals surface area contributed by atoms with Gasteiger partial charge in [0.1, 0.15) is 11.3 Å². The third-order valence-electron chi connectivity index (χ3n) is 3.15. The molecule has 1 fully saturated rings. The molecule has 1 aliphatic rings. The Morgan fingerprint density at radius 3 is 2.75 bits per heavy atom. The number of hydrogen-bond donors (Lipinski definition) is 1. The highest BCUT2D eigenvalue weighted by Crippen LogP contribution is 2.22. The zero-order valence-corrected chi connectivity index (χ0v) is 11.3. The number of hydrogen-bond acceptors (Lipinski definition) is 5. The second kappa shape index (κ2) is 6.38. The van der Waals surface area contributed by atoms with Crippen molar-refractivity contribution in [3.05, 3.63) is 29.3 Å². The summed E-state index contributed by atoms with van der Waals surface area (Å²) in [5, 5.41) is 9.77. The molecule has 0 radical (unpaired) electrons. The first-order chi connectivity index (χ1) is 9.59. The summed E-state index contributed by atoms with van der Waals surface area (Å²) in [7, 11) is 0. The number of aryl methyl sites for hydroxylation is 1. The second-order valence-corrected chi connectivity index (χ2v) is 4.54. The average molecular weight is 279 g/mol. The number of carbonyl (C=O) groups is 2. The van der Waals surface area contributed by atoms with Gasteiger partial charge in [-0.2, -0.15) is 0 Å². The number of aromatic hydroxyl groups is 1. The van der Waals surface area contributed by atoms with E-state index in [9.17, 15) is 14.7 Å².